The molecule has 4 aromatic rings. The zero-order chi connectivity index (χ0) is 61.4. The first-order valence-corrected chi connectivity index (χ1v) is 30.5. The minimum Gasteiger partial charge on any atom is -0.445 e. The van der Waals surface area contributed by atoms with Gasteiger partial charge in [-0.05, 0) is 78.0 Å². The highest BCUT2D eigenvalue weighted by Gasteiger charge is 2.49. The van der Waals surface area contributed by atoms with E-state index < -0.39 is 44.9 Å². The summed E-state index contributed by atoms with van der Waals surface area (Å²) in [7, 11) is -5.87. The lowest BCUT2D eigenvalue weighted by Gasteiger charge is -2.40. The van der Waals surface area contributed by atoms with Crippen LogP contribution in [0.5, 0.6) is 5.88 Å². The van der Waals surface area contributed by atoms with Crippen LogP contribution in [0, 0.1) is 13.1 Å². The van der Waals surface area contributed by atoms with Gasteiger partial charge in [-0.3, -0.25) is 9.80 Å². The number of halogens is 3. The summed E-state index contributed by atoms with van der Waals surface area (Å²) in [6.07, 6.45) is 2.40. The van der Waals surface area contributed by atoms with Crippen LogP contribution in [0.1, 0.15) is 75.2 Å². The van der Waals surface area contributed by atoms with Gasteiger partial charge >= 0.3 is 40.0 Å². The number of anilines is 1. The number of aromatic nitrogens is 4. The summed E-state index contributed by atoms with van der Waals surface area (Å²) in [4.78, 5) is 82.7. The molecule has 2 aromatic carbocycles. The summed E-state index contributed by atoms with van der Waals surface area (Å²) < 4.78 is 86.5. The van der Waals surface area contributed by atoms with Crippen LogP contribution in [-0.2, 0) is 68.2 Å². The molecule has 0 radical (unpaired) electrons. The Morgan fingerprint density at radius 1 is 0.651 bits per heavy atom. The van der Waals surface area contributed by atoms with Crippen LogP contribution >= 0.6 is 50.5 Å². The lowest BCUT2D eigenvalue weighted by Crippen LogP contribution is -2.57. The summed E-state index contributed by atoms with van der Waals surface area (Å²) in [6, 6.07) is 18.7. The molecular weight excluding hydrogens is 1220 g/mol. The molecule has 0 bridgehead atoms. The van der Waals surface area contributed by atoms with Gasteiger partial charge in [0.1, 0.15) is 42.3 Å². The first kappa shape index (κ1) is 71.8. The van der Waals surface area contributed by atoms with E-state index in [4.69, 9.17) is 42.1 Å². The smallest absolute Gasteiger partial charge is 0.445 e. The quantitative estimate of drug-likeness (QED) is 0.0369. The maximum atomic E-state index is 12.9. The van der Waals surface area contributed by atoms with Gasteiger partial charge in [0.2, 0.25) is 19.0 Å². The number of carbonyl (C=O) groups excluding carboxylic acids is 4. The summed E-state index contributed by atoms with van der Waals surface area (Å²) in [6.45, 7) is 30.3. The topological polar surface area (TPSA) is 237 Å². The molecule has 0 saturated carbocycles. The second kappa shape index (κ2) is 32.4. The van der Waals surface area contributed by atoms with E-state index in [1.54, 1.807) is 41.7 Å². The van der Waals surface area contributed by atoms with Gasteiger partial charge in [-0.1, -0.05) is 84.2 Å². The molecule has 6 heterocycles. The molecule has 1 N–H and O–H groups in total. The molecule has 470 valence electrons. The number of hydrogen-bond donors (Lipinski definition) is 1. The molecule has 0 unspecified atom stereocenters. The Kier molecular flexibility index (Phi) is 27.0. The molecule has 8 rings (SSSR count). The Labute approximate surface area is 522 Å². The van der Waals surface area contributed by atoms with Crippen LogP contribution in [0.25, 0.3) is 9.69 Å². The van der Waals surface area contributed by atoms with E-state index in [0.29, 0.717) is 63.9 Å². The summed E-state index contributed by atoms with van der Waals surface area (Å²) in [5.41, 5.74) is -2.86. The normalized spacial score (nSPS) is 16.6. The Morgan fingerprint density at radius 2 is 1.12 bits per heavy atom. The second-order valence-electron chi connectivity index (χ2n) is 21.3. The molecule has 2 atom stereocenters. The zero-order valence-electron chi connectivity index (χ0n) is 49.0. The van der Waals surface area contributed by atoms with Gasteiger partial charge in [0, 0.05) is 63.5 Å². The average molecular weight is 1300 g/mol. The van der Waals surface area contributed by atoms with Crippen molar-refractivity contribution in [2.45, 2.75) is 120 Å². The Morgan fingerprint density at radius 3 is 1.59 bits per heavy atom. The van der Waals surface area contributed by atoms with Gasteiger partial charge in [0.15, 0.2) is 10.3 Å². The number of alkyl halides is 3. The molecule has 2 fully saturated rings. The summed E-state index contributed by atoms with van der Waals surface area (Å²) >= 11 is 2.44. The van der Waals surface area contributed by atoms with Crippen molar-refractivity contribution in [2.75, 3.05) is 82.9 Å². The standard InChI is InChI=1S/C27H34N6O4S.C14H18F3N3O5S2.C14H17N3O2.2H2S/c1-27(2,3)37-25(34)32-12-11-21-22(17-32)29-24(38-5)30-23(21)31-13-14-33(20(16-31)15-28-4)26(35)36-18-19-9-7-6-8-10-19;1-13(2,3)24-12(21)20-6-5-8-9(7-20)18-11(26-4)19-10(8)25-27(22,23)14(15,16)17;1-15-9-13-10-16-7-8-17(13)14(18)19-11-12-5-3-2-4-6-12;;/h6-10,20H,11-18H2,1-3,5H3;5-7H2,1-4H3;2-6,13,16H,7-11H2;2*1H2/t20-;;13-;;/m0.0../s1. The van der Waals surface area contributed by atoms with Crippen LogP contribution in [0.15, 0.2) is 71.0 Å². The van der Waals surface area contributed by atoms with Crippen molar-refractivity contribution < 1.29 is 63.9 Å². The highest BCUT2D eigenvalue weighted by molar-refractivity contribution is 7.98. The van der Waals surface area contributed by atoms with Crippen molar-refractivity contribution in [3.63, 3.8) is 0 Å². The SMILES string of the molecule is CSc1nc2c(c(OS(=O)(=O)C(F)(F)F)n1)CCN(C(=O)OC(C)(C)C)C2.S.S.[C-]#[N+]C[C@H]1CN(c2nc(SC)nc3c2CCN(C(=O)OC(C)(C)C)C3)CCN1C(=O)OCc1ccccc1.[C-]#[N+]C[C@H]1CNCCN1C(=O)OCc1ccccc1. The van der Waals surface area contributed by atoms with Gasteiger partial charge in [-0.2, -0.15) is 53.6 Å². The fourth-order valence-electron chi connectivity index (χ4n) is 8.82. The van der Waals surface area contributed by atoms with Crippen molar-refractivity contribution in [3.8, 4) is 5.88 Å². The maximum absolute atomic E-state index is 12.9. The van der Waals surface area contributed by atoms with Crippen LogP contribution in [0.2, 0.25) is 0 Å². The minimum atomic E-state index is -5.87. The number of fused-ring (bicyclic) bond motifs is 2. The van der Waals surface area contributed by atoms with Crippen molar-refractivity contribution in [1.82, 2.24) is 44.9 Å². The highest BCUT2D eigenvalue weighted by atomic mass is 32.2. The molecule has 0 spiro atoms. The Balaban J connectivity index is 0.000000290. The van der Waals surface area contributed by atoms with E-state index in [1.807, 2.05) is 87.7 Å². The first-order valence-electron chi connectivity index (χ1n) is 26.6. The number of nitrogens with one attached hydrogen (secondary N) is 1. The minimum absolute atomic E-state index is 0. The molecule has 4 amide bonds. The largest absolute Gasteiger partial charge is 0.534 e. The number of amides is 4. The number of rotatable bonds is 11. The van der Waals surface area contributed by atoms with E-state index in [-0.39, 0.29) is 107 Å². The molecule has 4 aliphatic rings. The molecule has 4 aliphatic heterocycles. The van der Waals surface area contributed by atoms with Crippen LogP contribution < -0.4 is 14.4 Å². The maximum Gasteiger partial charge on any atom is 0.534 e. The second-order valence-corrected chi connectivity index (χ2v) is 24.4. The van der Waals surface area contributed by atoms with Crippen molar-refractivity contribution in [3.05, 3.63) is 117 Å². The number of ether oxygens (including phenoxy) is 4. The van der Waals surface area contributed by atoms with E-state index in [9.17, 15) is 40.8 Å². The average Bonchev–Trinajstić information content (AvgIpc) is 1.10. The Bertz CT molecular complexity index is 3140. The fourth-order valence-corrected chi connectivity index (χ4v) is 10.0. The van der Waals surface area contributed by atoms with E-state index >= 15 is 0 Å². The fraction of sp³-hybridized carbons (Fsp3) is 0.527. The zero-order valence-corrected chi connectivity index (χ0v) is 53.5. The highest BCUT2D eigenvalue weighted by Crippen LogP contribution is 2.34. The number of benzene rings is 2. The van der Waals surface area contributed by atoms with E-state index in [2.05, 4.69) is 34.1 Å². The Hall–Kier alpha value is -6.64. The summed E-state index contributed by atoms with van der Waals surface area (Å²) in [5, 5.41) is 3.83. The number of nitrogens with zero attached hydrogens (tertiary/aromatic N) is 11. The van der Waals surface area contributed by atoms with Crippen LogP contribution in [0.4, 0.5) is 38.2 Å². The lowest BCUT2D eigenvalue weighted by atomic mass is 10.0. The van der Waals surface area contributed by atoms with Gasteiger partial charge in [-0.25, -0.2) is 47.3 Å². The predicted molar refractivity (Wildman–Crippen MR) is 327 cm³/mol. The molecule has 23 nitrogen and oxygen atoms in total. The monoisotopic (exact) mass is 1290 g/mol. The van der Waals surface area contributed by atoms with E-state index in [1.165, 1.54) is 16.7 Å². The number of piperazine rings is 2. The number of thioether (sulfide) groups is 2. The van der Waals surface area contributed by atoms with Gasteiger partial charge in [-0.15, -0.1) is 0 Å². The van der Waals surface area contributed by atoms with Crippen LogP contribution in [0.3, 0.4) is 0 Å². The van der Waals surface area contributed by atoms with Gasteiger partial charge < -0.3 is 52.8 Å². The molecule has 31 heteroatoms. The molecule has 2 aromatic heterocycles. The third kappa shape index (κ3) is 20.8. The van der Waals surface area contributed by atoms with Crippen molar-refractivity contribution >= 4 is 90.8 Å². The molecule has 86 heavy (non-hydrogen) atoms. The van der Waals surface area contributed by atoms with Crippen molar-refractivity contribution in [1.29, 1.82) is 0 Å². The molecule has 0 aliphatic carbocycles. The molecular formula is C55H73F3N12O11S5. The van der Waals surface area contributed by atoms with E-state index in [0.717, 1.165) is 46.5 Å². The summed E-state index contributed by atoms with van der Waals surface area (Å²) in [5.74, 6) is 0.140. The first-order chi connectivity index (χ1) is 39.7. The van der Waals surface area contributed by atoms with Crippen molar-refractivity contribution in [2.24, 2.45) is 0 Å². The number of hydrogen-bond acceptors (Lipinski definition) is 19. The van der Waals surface area contributed by atoms with Crippen LogP contribution in [-0.4, -0.2) is 179 Å². The third-order valence-electron chi connectivity index (χ3n) is 12.8. The predicted octanol–water partition coefficient (Wildman–Crippen LogP) is 8.70. The number of carbonyl (C=O) groups is 4. The van der Waals surface area contributed by atoms with Gasteiger partial charge in [0.05, 0.1) is 24.5 Å². The third-order valence-corrected chi connectivity index (χ3v) is 14.8. The lowest BCUT2D eigenvalue weighted by molar-refractivity contribution is -0.0502. The molecule has 2 saturated heterocycles. The van der Waals surface area contributed by atoms with Gasteiger partial charge in [0.25, 0.3) is 0 Å².